The molecule has 0 bridgehead atoms. The molecular formula is C42H55N4O15S4+. The Morgan fingerprint density at radius 3 is 2.17 bits per heavy atom. The first-order chi connectivity index (χ1) is 30.5. The van der Waals surface area contributed by atoms with Gasteiger partial charge in [-0.2, -0.15) is 29.8 Å². The maximum atomic E-state index is 12.6. The monoisotopic (exact) mass is 983 g/mol. The number of aromatic nitrogens is 1. The highest BCUT2D eigenvalue weighted by molar-refractivity contribution is 7.94. The van der Waals surface area contributed by atoms with Gasteiger partial charge in [0.1, 0.15) is 6.54 Å². The van der Waals surface area contributed by atoms with Gasteiger partial charge in [-0.15, -0.1) is 4.33 Å². The average Bonchev–Trinajstić information content (AvgIpc) is 3.74. The van der Waals surface area contributed by atoms with Crippen LogP contribution in [-0.4, -0.2) is 106 Å². The van der Waals surface area contributed by atoms with Gasteiger partial charge in [-0.3, -0.25) is 23.0 Å². The van der Waals surface area contributed by atoms with Gasteiger partial charge < -0.3 is 20.4 Å². The number of nitrogens with zero attached hydrogens (tertiary/aromatic N) is 3. The van der Waals surface area contributed by atoms with Crippen LogP contribution in [0.1, 0.15) is 76.8 Å². The molecule has 2 aliphatic heterocycles. The molecule has 23 heteroatoms. The molecule has 0 spiro atoms. The fraction of sp³-hybridized carbons (Fsp3) is 0.429. The van der Waals surface area contributed by atoms with Gasteiger partial charge in [-0.1, -0.05) is 36.1 Å². The van der Waals surface area contributed by atoms with E-state index in [1.165, 1.54) is 34.9 Å². The summed E-state index contributed by atoms with van der Waals surface area (Å²) in [7, 11) is -13.1. The summed E-state index contributed by atoms with van der Waals surface area (Å²) in [5.41, 5.74) is 2.80. The molecule has 0 aliphatic carbocycles. The Kier molecular flexibility index (Phi) is 16.9. The Labute approximate surface area is 383 Å². The SMILES string of the molecule is CC1(C)C(C=CC=CC=C2N(CCCS(=O)(=O)O)c3ccc(SOOO)cc3C2(C)CCCCCC(=O)NCCn2c(O)ccc2O)=[N+](CCCS(=O)(=O)O)c2ccc(S(=O)(=O)O)cc21. The number of unbranched alkanes of at least 4 members (excludes halogenated alkanes) is 2. The number of benzene rings is 2. The lowest BCUT2D eigenvalue weighted by Crippen LogP contribution is -2.30. The van der Waals surface area contributed by atoms with Gasteiger partial charge in [0.25, 0.3) is 30.4 Å². The molecule has 5 rings (SSSR count). The molecule has 1 atom stereocenters. The van der Waals surface area contributed by atoms with Crippen molar-refractivity contribution >= 4 is 65.4 Å². The number of nitrogens with one attached hydrogen (secondary N) is 1. The molecule has 0 saturated heterocycles. The second-order valence-corrected chi connectivity index (χ2v) is 21.7. The van der Waals surface area contributed by atoms with E-state index in [9.17, 15) is 53.9 Å². The molecule has 356 valence electrons. The van der Waals surface area contributed by atoms with E-state index in [2.05, 4.69) is 10.4 Å². The topological polar surface area (TPSA) is 283 Å². The normalized spacial score (nSPS) is 18.1. The van der Waals surface area contributed by atoms with Crippen molar-refractivity contribution in [3.05, 3.63) is 95.7 Å². The molecule has 7 N–H and O–H groups in total. The third kappa shape index (κ3) is 13.3. The molecule has 19 nitrogen and oxygen atoms in total. The highest BCUT2D eigenvalue weighted by Crippen LogP contribution is 2.52. The number of hydrogen-bond donors (Lipinski definition) is 7. The van der Waals surface area contributed by atoms with Crippen LogP contribution in [0.3, 0.4) is 0 Å². The predicted octanol–water partition coefficient (Wildman–Crippen LogP) is 6.05. The van der Waals surface area contributed by atoms with E-state index in [0.717, 1.165) is 29.0 Å². The highest BCUT2D eigenvalue weighted by Gasteiger charge is 2.45. The Morgan fingerprint density at radius 2 is 1.51 bits per heavy atom. The second-order valence-electron chi connectivity index (χ2n) is 16.4. The van der Waals surface area contributed by atoms with E-state index in [1.54, 1.807) is 30.4 Å². The fourth-order valence-corrected chi connectivity index (χ4v) is 10.3. The largest absolute Gasteiger partial charge is 0.494 e. The Hall–Kier alpha value is -4.56. The number of rotatable bonds is 24. The summed E-state index contributed by atoms with van der Waals surface area (Å²) in [6.45, 7) is 6.54. The van der Waals surface area contributed by atoms with Crippen molar-refractivity contribution in [3.8, 4) is 11.8 Å². The molecule has 1 amide bonds. The number of fused-ring (bicyclic) bond motifs is 2. The summed E-state index contributed by atoms with van der Waals surface area (Å²) < 4.78 is 107. The smallest absolute Gasteiger partial charge is 0.294 e. The van der Waals surface area contributed by atoms with E-state index in [4.69, 9.17) is 9.59 Å². The van der Waals surface area contributed by atoms with Crippen molar-refractivity contribution in [2.75, 3.05) is 36.0 Å². The molecule has 3 heterocycles. The maximum Gasteiger partial charge on any atom is 0.294 e. The molecule has 3 aromatic rings. The van der Waals surface area contributed by atoms with Gasteiger partial charge in [0.05, 0.1) is 33.9 Å². The first kappa shape index (κ1) is 51.4. The van der Waals surface area contributed by atoms with Gasteiger partial charge in [-0.05, 0) is 82.0 Å². The van der Waals surface area contributed by atoms with Crippen LogP contribution in [0.5, 0.6) is 11.8 Å². The van der Waals surface area contributed by atoms with Crippen LogP contribution in [0.2, 0.25) is 0 Å². The number of amides is 1. The Bertz CT molecular complexity index is 2670. The number of aromatic hydroxyl groups is 2. The summed E-state index contributed by atoms with van der Waals surface area (Å²) in [5.74, 6) is -1.39. The fourth-order valence-electron chi connectivity index (χ4n) is 8.38. The molecule has 2 aliphatic rings. The zero-order valence-electron chi connectivity index (χ0n) is 36.0. The number of anilines is 1. The third-order valence-electron chi connectivity index (χ3n) is 11.5. The maximum absolute atomic E-state index is 12.6. The Balaban J connectivity index is 1.42. The predicted molar refractivity (Wildman–Crippen MR) is 243 cm³/mol. The van der Waals surface area contributed by atoms with Gasteiger partial charge in [0, 0.05) is 84.0 Å². The third-order valence-corrected chi connectivity index (χ3v) is 14.5. The van der Waals surface area contributed by atoms with Crippen molar-refractivity contribution in [1.82, 2.24) is 9.88 Å². The first-order valence-electron chi connectivity index (χ1n) is 20.6. The van der Waals surface area contributed by atoms with Gasteiger partial charge in [0.2, 0.25) is 11.6 Å². The van der Waals surface area contributed by atoms with E-state index >= 15 is 0 Å². The standard InChI is InChI=1S/C42H54N4O15S4/c1-41(2)32-29-31(65(57,58)59)16-18-34(32)44(23-10-26-63(51,52)53)36(41)12-6-4-7-13-37-42(3,21-9-5-8-14-38(47)43-22-25-46-39(48)19-20-40(46)49)33-28-30(62-61-60-50)15-17-35(33)45(37)24-11-27-64(54,55)56/h4,6-7,12-13,15-20,28-29H,5,8-11,14,21-27H2,1-3H3,(H6-,43,47,48,49,50,51,52,53,54,55,56,57,58,59)/p+1. The molecule has 0 fully saturated rings. The van der Waals surface area contributed by atoms with Crippen LogP contribution in [-0.2, 0) is 61.9 Å². The van der Waals surface area contributed by atoms with Crippen molar-refractivity contribution in [2.24, 2.45) is 0 Å². The van der Waals surface area contributed by atoms with Gasteiger partial charge in [0.15, 0.2) is 17.5 Å². The van der Waals surface area contributed by atoms with Crippen LogP contribution in [0.25, 0.3) is 0 Å². The lowest BCUT2D eigenvalue weighted by Gasteiger charge is -2.30. The molecular weight excluding hydrogens is 929 g/mol. The average molecular weight is 984 g/mol. The van der Waals surface area contributed by atoms with Crippen molar-refractivity contribution in [2.45, 2.75) is 92.9 Å². The number of hydrogen-bond acceptors (Lipinski definition) is 14. The molecule has 0 saturated carbocycles. The first-order valence-corrected chi connectivity index (χ1v) is 26.0. The number of allylic oxidation sites excluding steroid dienone is 6. The lowest BCUT2D eigenvalue weighted by atomic mass is 9.77. The minimum absolute atomic E-state index is 0.0555. The quantitative estimate of drug-likeness (QED) is 0.0102. The molecule has 0 radical (unpaired) electrons. The molecule has 1 unspecified atom stereocenters. The summed E-state index contributed by atoms with van der Waals surface area (Å²) >= 11 is 0.783. The van der Waals surface area contributed by atoms with Crippen molar-refractivity contribution < 1.29 is 73.1 Å². The summed E-state index contributed by atoms with van der Waals surface area (Å²) in [4.78, 5) is 14.9. The number of carbonyl (C=O) groups is 1. The summed E-state index contributed by atoms with van der Waals surface area (Å²) in [6.07, 6.45) is 11.9. The second kappa shape index (κ2) is 21.4. The van der Waals surface area contributed by atoms with E-state index in [0.29, 0.717) is 47.5 Å². The minimum Gasteiger partial charge on any atom is -0.494 e. The van der Waals surface area contributed by atoms with E-state index in [1.807, 2.05) is 48.5 Å². The zero-order valence-corrected chi connectivity index (χ0v) is 39.3. The van der Waals surface area contributed by atoms with Gasteiger partial charge in [-0.25, -0.2) is 5.26 Å². The van der Waals surface area contributed by atoms with Crippen LogP contribution in [0.15, 0.2) is 94.4 Å². The molecule has 1 aromatic heterocycles. The van der Waals surface area contributed by atoms with E-state index < -0.39 is 52.7 Å². The molecule has 65 heavy (non-hydrogen) atoms. The molecule has 2 aromatic carbocycles. The summed E-state index contributed by atoms with van der Waals surface area (Å²) in [6, 6.07) is 12.4. The highest BCUT2D eigenvalue weighted by atomic mass is 32.2. The lowest BCUT2D eigenvalue weighted by molar-refractivity contribution is -0.437. The van der Waals surface area contributed by atoms with Crippen molar-refractivity contribution in [3.63, 3.8) is 0 Å². The van der Waals surface area contributed by atoms with Crippen molar-refractivity contribution in [1.29, 1.82) is 0 Å². The summed E-state index contributed by atoms with van der Waals surface area (Å²) in [5, 5.41) is 35.2. The van der Waals surface area contributed by atoms with Gasteiger partial charge >= 0.3 is 0 Å². The van der Waals surface area contributed by atoms with Crippen LogP contribution in [0.4, 0.5) is 11.4 Å². The minimum atomic E-state index is -4.53. The Morgan fingerprint density at radius 1 is 0.815 bits per heavy atom. The zero-order chi connectivity index (χ0) is 47.8. The van der Waals surface area contributed by atoms with Crippen LogP contribution < -0.4 is 10.2 Å². The van der Waals surface area contributed by atoms with Crippen LogP contribution >= 0.6 is 12.0 Å². The van der Waals surface area contributed by atoms with Crippen LogP contribution in [0, 0.1) is 0 Å². The number of carbonyl (C=O) groups excluding carboxylic acids is 1. The van der Waals surface area contributed by atoms with E-state index in [-0.39, 0.29) is 68.0 Å².